The number of benzene rings is 3. The van der Waals surface area contributed by atoms with E-state index in [-0.39, 0.29) is 10.6 Å². The second kappa shape index (κ2) is 6.45. The van der Waals surface area contributed by atoms with Gasteiger partial charge in [-0.15, -0.1) is 0 Å². The molecule has 0 aromatic heterocycles. The van der Waals surface area contributed by atoms with Crippen molar-refractivity contribution in [3.05, 3.63) is 95.0 Å². The van der Waals surface area contributed by atoms with Crippen molar-refractivity contribution in [3.8, 4) is 0 Å². The highest BCUT2D eigenvalue weighted by Gasteiger charge is 2.15. The molecule has 0 radical (unpaired) electrons. The molecule has 0 saturated carbocycles. The molecule has 3 aromatic carbocycles. The number of nitrogens with zero attached hydrogens (tertiary/aromatic N) is 1. The van der Waals surface area contributed by atoms with Gasteiger partial charge in [-0.25, -0.2) is 0 Å². The predicted octanol–water partition coefficient (Wildman–Crippen LogP) is 5.07. The summed E-state index contributed by atoms with van der Waals surface area (Å²) >= 11 is 0. The minimum Gasteiger partial charge on any atom is -0.258 e. The fraction of sp³-hybridized carbons (Fsp3) is 0. The summed E-state index contributed by atoms with van der Waals surface area (Å²) in [5.74, 6) is 0. The topological polar surface area (TPSA) is 43.1 Å². The summed E-state index contributed by atoms with van der Waals surface area (Å²) in [5.41, 5.74) is 0.136. The van der Waals surface area contributed by atoms with Gasteiger partial charge in [-0.2, -0.15) is 10.9 Å². The van der Waals surface area contributed by atoms with Crippen LogP contribution in [-0.2, 0) is 0 Å². The number of nitro groups is 1. The van der Waals surface area contributed by atoms with Gasteiger partial charge in [0.05, 0.1) is 4.92 Å². The first kappa shape index (κ1) is 14.4. The molecule has 0 N–H and O–H groups in total. The zero-order chi connectivity index (χ0) is 15.4. The van der Waals surface area contributed by atoms with Gasteiger partial charge in [0.2, 0.25) is 0 Å². The number of non-ortho nitro benzene ring substituents is 1. The van der Waals surface area contributed by atoms with Crippen molar-refractivity contribution in [3.63, 3.8) is 0 Å². The Kier molecular flexibility index (Phi) is 4.21. The highest BCUT2D eigenvalue weighted by Crippen LogP contribution is 2.51. The Morgan fingerprint density at radius 2 is 1.18 bits per heavy atom. The average molecular weight is 309 g/mol. The standard InChI is InChI=1S/C18H15NO2S/c20-19(21)15-8-7-13-18(14-15)22(16-9-3-1-4-10-16)17-11-5-2-6-12-17/h1-14,22H. The van der Waals surface area contributed by atoms with Crippen molar-refractivity contribution in [1.82, 2.24) is 0 Å². The fourth-order valence-electron chi connectivity index (χ4n) is 2.35. The van der Waals surface area contributed by atoms with Crippen molar-refractivity contribution in [2.24, 2.45) is 0 Å². The Labute approximate surface area is 131 Å². The van der Waals surface area contributed by atoms with Crippen LogP contribution in [0.3, 0.4) is 0 Å². The van der Waals surface area contributed by atoms with Crippen molar-refractivity contribution in [1.29, 1.82) is 0 Å². The van der Waals surface area contributed by atoms with Crippen molar-refractivity contribution < 1.29 is 4.92 Å². The van der Waals surface area contributed by atoms with Crippen LogP contribution in [0.4, 0.5) is 5.69 Å². The van der Waals surface area contributed by atoms with Crippen molar-refractivity contribution in [2.45, 2.75) is 14.7 Å². The lowest BCUT2D eigenvalue weighted by Gasteiger charge is -2.23. The van der Waals surface area contributed by atoms with E-state index in [9.17, 15) is 10.1 Å². The lowest BCUT2D eigenvalue weighted by atomic mass is 10.3. The summed E-state index contributed by atoms with van der Waals surface area (Å²) < 4.78 is 0. The molecular formula is C18H15NO2S. The molecule has 0 saturated heterocycles. The minimum atomic E-state index is -0.791. The van der Waals surface area contributed by atoms with Gasteiger partial charge in [0, 0.05) is 17.0 Å². The van der Waals surface area contributed by atoms with E-state index in [0.717, 1.165) is 4.90 Å². The highest BCUT2D eigenvalue weighted by molar-refractivity contribution is 8.17. The van der Waals surface area contributed by atoms with Gasteiger partial charge in [0.15, 0.2) is 0 Å². The minimum absolute atomic E-state index is 0.136. The maximum absolute atomic E-state index is 11.1. The molecule has 0 unspecified atom stereocenters. The van der Waals surface area contributed by atoms with E-state index in [1.807, 2.05) is 42.5 Å². The predicted molar refractivity (Wildman–Crippen MR) is 89.8 cm³/mol. The van der Waals surface area contributed by atoms with E-state index in [1.165, 1.54) is 15.9 Å². The number of hydrogen-bond acceptors (Lipinski definition) is 2. The second-order valence-electron chi connectivity index (χ2n) is 4.78. The first-order valence-electron chi connectivity index (χ1n) is 6.90. The Morgan fingerprint density at radius 1 is 0.682 bits per heavy atom. The molecule has 22 heavy (non-hydrogen) atoms. The smallest absolute Gasteiger partial charge is 0.258 e. The van der Waals surface area contributed by atoms with Crippen LogP contribution >= 0.6 is 10.9 Å². The summed E-state index contributed by atoms with van der Waals surface area (Å²) in [5, 5.41) is 11.1. The Hall–Kier alpha value is -2.59. The molecule has 4 heteroatoms. The second-order valence-corrected chi connectivity index (χ2v) is 7.00. The Bertz CT molecular complexity index is 736. The largest absolute Gasteiger partial charge is 0.270 e. The molecule has 0 aliphatic rings. The highest BCUT2D eigenvalue weighted by atomic mass is 32.2. The Balaban J connectivity index is 2.14. The van der Waals surface area contributed by atoms with Crippen LogP contribution in [0.2, 0.25) is 0 Å². The quantitative estimate of drug-likeness (QED) is 0.415. The van der Waals surface area contributed by atoms with Crippen LogP contribution < -0.4 is 0 Å². The third-order valence-electron chi connectivity index (χ3n) is 3.33. The first-order chi connectivity index (χ1) is 10.8. The van der Waals surface area contributed by atoms with Crippen LogP contribution in [0.5, 0.6) is 0 Å². The third-order valence-corrected chi connectivity index (χ3v) is 5.75. The van der Waals surface area contributed by atoms with Gasteiger partial charge in [0.25, 0.3) is 5.69 Å². The number of rotatable bonds is 4. The maximum atomic E-state index is 11.1. The molecule has 3 nitrogen and oxygen atoms in total. The van der Waals surface area contributed by atoms with E-state index in [0.29, 0.717) is 0 Å². The maximum Gasteiger partial charge on any atom is 0.270 e. The Morgan fingerprint density at radius 3 is 1.68 bits per heavy atom. The summed E-state index contributed by atoms with van der Waals surface area (Å²) in [6.45, 7) is 0. The zero-order valence-corrected chi connectivity index (χ0v) is 12.7. The van der Waals surface area contributed by atoms with Gasteiger partial charge in [-0.05, 0) is 40.1 Å². The average Bonchev–Trinajstić information content (AvgIpc) is 2.57. The molecule has 0 heterocycles. The van der Waals surface area contributed by atoms with Gasteiger partial charge >= 0.3 is 0 Å². The van der Waals surface area contributed by atoms with E-state index in [1.54, 1.807) is 12.1 Å². The molecule has 3 aromatic rings. The van der Waals surface area contributed by atoms with Crippen molar-refractivity contribution >= 4 is 16.6 Å². The number of thiol groups is 1. The molecule has 3 rings (SSSR count). The summed E-state index contributed by atoms with van der Waals surface area (Å²) in [6, 6.07) is 27.3. The summed E-state index contributed by atoms with van der Waals surface area (Å²) in [6.07, 6.45) is 0. The number of nitro benzene ring substituents is 1. The molecule has 0 bridgehead atoms. The fourth-order valence-corrected chi connectivity index (χ4v) is 4.68. The van der Waals surface area contributed by atoms with E-state index in [4.69, 9.17) is 0 Å². The van der Waals surface area contributed by atoms with Gasteiger partial charge in [-0.1, -0.05) is 42.5 Å². The van der Waals surface area contributed by atoms with Crippen LogP contribution in [0.1, 0.15) is 0 Å². The molecule has 0 spiro atoms. The van der Waals surface area contributed by atoms with Gasteiger partial charge in [-0.3, -0.25) is 10.1 Å². The van der Waals surface area contributed by atoms with E-state index in [2.05, 4.69) is 24.3 Å². The zero-order valence-electron chi connectivity index (χ0n) is 11.8. The normalized spacial score (nSPS) is 11.0. The van der Waals surface area contributed by atoms with Gasteiger partial charge in [0.1, 0.15) is 0 Å². The first-order valence-corrected chi connectivity index (χ1v) is 8.24. The van der Waals surface area contributed by atoms with E-state index < -0.39 is 10.9 Å². The van der Waals surface area contributed by atoms with Crippen LogP contribution in [0.15, 0.2) is 99.6 Å². The van der Waals surface area contributed by atoms with Crippen LogP contribution in [0, 0.1) is 10.1 Å². The van der Waals surface area contributed by atoms with Crippen LogP contribution in [0.25, 0.3) is 0 Å². The molecule has 0 atom stereocenters. The SMILES string of the molecule is O=[N+]([O-])c1cccc([SH](c2ccccc2)c2ccccc2)c1. The summed E-state index contributed by atoms with van der Waals surface area (Å²) in [7, 11) is -0.791. The molecule has 0 aliphatic carbocycles. The molecular weight excluding hydrogens is 294 g/mol. The lowest BCUT2D eigenvalue weighted by molar-refractivity contribution is -0.385. The molecule has 0 fully saturated rings. The monoisotopic (exact) mass is 309 g/mol. The van der Waals surface area contributed by atoms with Crippen molar-refractivity contribution in [2.75, 3.05) is 0 Å². The molecule has 0 aliphatic heterocycles. The lowest BCUT2D eigenvalue weighted by Crippen LogP contribution is -1.91. The molecule has 110 valence electrons. The van der Waals surface area contributed by atoms with Gasteiger partial charge < -0.3 is 0 Å². The molecule has 0 amide bonds. The number of hydrogen-bond donors (Lipinski definition) is 1. The third kappa shape index (κ3) is 3.02. The van der Waals surface area contributed by atoms with E-state index >= 15 is 0 Å². The van der Waals surface area contributed by atoms with Crippen LogP contribution in [-0.4, -0.2) is 4.92 Å². The summed E-state index contributed by atoms with van der Waals surface area (Å²) in [4.78, 5) is 14.1.